The second kappa shape index (κ2) is 6.72. The Bertz CT molecular complexity index is 898. The van der Waals surface area contributed by atoms with Crippen molar-refractivity contribution in [3.8, 4) is 11.4 Å². The van der Waals surface area contributed by atoms with Gasteiger partial charge in [0.1, 0.15) is 6.33 Å². The molecule has 0 fully saturated rings. The molecule has 0 spiro atoms. The quantitative estimate of drug-likeness (QED) is 0.522. The van der Waals surface area contributed by atoms with Crippen LogP contribution in [-0.4, -0.2) is 24.5 Å². The summed E-state index contributed by atoms with van der Waals surface area (Å²) in [5, 5.41) is 9.51. The molecule has 24 heavy (non-hydrogen) atoms. The number of thioether (sulfide) groups is 1. The number of hydrogen-bond donors (Lipinski definition) is 0. The first-order chi connectivity index (χ1) is 11.9. The molecule has 0 unspecified atom stereocenters. The highest BCUT2D eigenvalue weighted by Gasteiger charge is 2.04. The fourth-order valence-electron chi connectivity index (χ4n) is 2.33. The number of para-hydroxylation sites is 1. The van der Waals surface area contributed by atoms with Crippen LogP contribution in [0.4, 0.5) is 0 Å². The third-order valence-electron chi connectivity index (χ3n) is 3.56. The first-order valence-corrected chi connectivity index (χ1v) is 8.56. The number of nitrogens with zero attached hydrogens (tertiary/aromatic N) is 5. The molecular weight excluding hydrogens is 318 g/mol. The molecule has 4 aromatic rings. The zero-order valence-corrected chi connectivity index (χ0v) is 13.7. The normalized spacial score (nSPS) is 10.8. The Hall–Kier alpha value is -2.86. The van der Waals surface area contributed by atoms with Crippen molar-refractivity contribution in [2.75, 3.05) is 0 Å². The summed E-state index contributed by atoms with van der Waals surface area (Å²) in [6, 6.07) is 20.3. The molecule has 0 amide bonds. The highest BCUT2D eigenvalue weighted by atomic mass is 32.2. The van der Waals surface area contributed by atoms with E-state index in [4.69, 9.17) is 0 Å². The Labute approximate surface area is 144 Å². The summed E-state index contributed by atoms with van der Waals surface area (Å²) in [5.74, 6) is 0.832. The average molecular weight is 333 g/mol. The van der Waals surface area contributed by atoms with Gasteiger partial charge in [0, 0.05) is 18.1 Å². The summed E-state index contributed by atoms with van der Waals surface area (Å²) in [6.07, 6.45) is 5.46. The summed E-state index contributed by atoms with van der Waals surface area (Å²) in [7, 11) is 0. The van der Waals surface area contributed by atoms with Gasteiger partial charge in [0.25, 0.3) is 0 Å². The van der Waals surface area contributed by atoms with Gasteiger partial charge in [-0.2, -0.15) is 5.10 Å². The van der Waals surface area contributed by atoms with Crippen LogP contribution >= 0.6 is 11.8 Å². The highest BCUT2D eigenvalue weighted by molar-refractivity contribution is 7.98. The molecule has 0 aliphatic rings. The number of aromatic nitrogens is 5. The SMILES string of the molecule is c1ccc(-n2cnc(SCc3ccc(-n4cccn4)cc3)n2)cc1. The van der Waals surface area contributed by atoms with Crippen LogP contribution < -0.4 is 0 Å². The highest BCUT2D eigenvalue weighted by Crippen LogP contribution is 2.20. The van der Waals surface area contributed by atoms with Gasteiger partial charge in [-0.1, -0.05) is 42.1 Å². The van der Waals surface area contributed by atoms with Crippen molar-refractivity contribution in [1.29, 1.82) is 0 Å². The third kappa shape index (κ3) is 3.23. The zero-order valence-electron chi connectivity index (χ0n) is 12.9. The second-order valence-corrected chi connectivity index (χ2v) is 6.16. The molecule has 0 radical (unpaired) electrons. The fourth-order valence-corrected chi connectivity index (χ4v) is 3.09. The molecular formula is C18H15N5S. The Morgan fingerprint density at radius 1 is 0.833 bits per heavy atom. The van der Waals surface area contributed by atoms with E-state index in [-0.39, 0.29) is 0 Å². The molecule has 0 N–H and O–H groups in total. The zero-order chi connectivity index (χ0) is 16.2. The monoisotopic (exact) mass is 333 g/mol. The first-order valence-electron chi connectivity index (χ1n) is 7.57. The molecule has 0 saturated heterocycles. The van der Waals surface area contributed by atoms with E-state index < -0.39 is 0 Å². The lowest BCUT2D eigenvalue weighted by Crippen LogP contribution is -1.94. The maximum atomic E-state index is 4.51. The molecule has 6 heteroatoms. The van der Waals surface area contributed by atoms with Gasteiger partial charge in [-0.25, -0.2) is 14.3 Å². The van der Waals surface area contributed by atoms with Crippen molar-refractivity contribution in [3.63, 3.8) is 0 Å². The van der Waals surface area contributed by atoms with Crippen LogP contribution in [-0.2, 0) is 5.75 Å². The van der Waals surface area contributed by atoms with Crippen LogP contribution in [0.25, 0.3) is 11.4 Å². The van der Waals surface area contributed by atoms with Crippen LogP contribution in [0.1, 0.15) is 5.56 Å². The minimum atomic E-state index is 0.773. The minimum absolute atomic E-state index is 0.773. The number of hydrogen-bond acceptors (Lipinski definition) is 4. The van der Waals surface area contributed by atoms with E-state index >= 15 is 0 Å². The fraction of sp³-hybridized carbons (Fsp3) is 0.0556. The van der Waals surface area contributed by atoms with Crippen LogP contribution in [0, 0.1) is 0 Å². The van der Waals surface area contributed by atoms with E-state index in [1.165, 1.54) is 5.56 Å². The Morgan fingerprint density at radius 3 is 2.38 bits per heavy atom. The largest absolute Gasteiger partial charge is 0.241 e. The van der Waals surface area contributed by atoms with E-state index in [0.717, 1.165) is 22.3 Å². The van der Waals surface area contributed by atoms with Crippen molar-refractivity contribution in [2.24, 2.45) is 0 Å². The lowest BCUT2D eigenvalue weighted by Gasteiger charge is -2.03. The number of rotatable bonds is 5. The molecule has 0 aliphatic heterocycles. The Kier molecular flexibility index (Phi) is 4.12. The molecule has 4 rings (SSSR count). The van der Waals surface area contributed by atoms with Crippen molar-refractivity contribution in [2.45, 2.75) is 10.9 Å². The van der Waals surface area contributed by atoms with Gasteiger partial charge in [-0.3, -0.25) is 0 Å². The molecule has 0 aliphatic carbocycles. The van der Waals surface area contributed by atoms with Gasteiger partial charge >= 0.3 is 0 Å². The molecule has 2 aromatic heterocycles. The lowest BCUT2D eigenvalue weighted by molar-refractivity contribution is 0.834. The molecule has 2 heterocycles. The maximum Gasteiger partial charge on any atom is 0.209 e. The van der Waals surface area contributed by atoms with E-state index in [1.54, 1.807) is 29.0 Å². The van der Waals surface area contributed by atoms with Crippen molar-refractivity contribution >= 4 is 11.8 Å². The van der Waals surface area contributed by atoms with Gasteiger partial charge in [0.05, 0.1) is 11.4 Å². The van der Waals surface area contributed by atoms with Crippen LogP contribution in [0.5, 0.6) is 0 Å². The van der Waals surface area contributed by atoms with E-state index in [1.807, 2.05) is 47.3 Å². The maximum absolute atomic E-state index is 4.51. The Morgan fingerprint density at radius 2 is 1.62 bits per heavy atom. The van der Waals surface area contributed by atoms with Gasteiger partial charge in [0.2, 0.25) is 5.16 Å². The van der Waals surface area contributed by atoms with Crippen LogP contribution in [0.2, 0.25) is 0 Å². The third-order valence-corrected chi connectivity index (χ3v) is 4.49. The summed E-state index contributed by atoms with van der Waals surface area (Å²) >= 11 is 1.63. The smallest absolute Gasteiger partial charge is 0.209 e. The summed E-state index contributed by atoms with van der Waals surface area (Å²) in [4.78, 5) is 4.37. The van der Waals surface area contributed by atoms with Gasteiger partial charge in [-0.05, 0) is 35.9 Å². The van der Waals surface area contributed by atoms with Crippen LogP contribution in [0.3, 0.4) is 0 Å². The van der Waals surface area contributed by atoms with Gasteiger partial charge in [-0.15, -0.1) is 5.10 Å². The standard InChI is InChI=1S/C18H15N5S/c1-2-5-16(6-3-1)23-14-19-18(21-23)24-13-15-7-9-17(10-8-15)22-12-4-11-20-22/h1-12,14H,13H2. The average Bonchev–Trinajstić information content (AvgIpc) is 3.33. The summed E-state index contributed by atoms with van der Waals surface area (Å²) < 4.78 is 3.64. The van der Waals surface area contributed by atoms with E-state index in [9.17, 15) is 0 Å². The van der Waals surface area contributed by atoms with Gasteiger partial charge < -0.3 is 0 Å². The molecule has 2 aromatic carbocycles. The van der Waals surface area contributed by atoms with Crippen LogP contribution in [0.15, 0.2) is 84.5 Å². The first kappa shape index (κ1) is 14.7. The molecule has 0 saturated carbocycles. The van der Waals surface area contributed by atoms with Crippen molar-refractivity contribution < 1.29 is 0 Å². The second-order valence-electron chi connectivity index (χ2n) is 5.21. The molecule has 0 atom stereocenters. The molecule has 0 bridgehead atoms. The van der Waals surface area contributed by atoms with Gasteiger partial charge in [0.15, 0.2) is 0 Å². The molecule has 118 valence electrons. The topological polar surface area (TPSA) is 48.5 Å². The summed E-state index contributed by atoms with van der Waals surface area (Å²) in [5.41, 5.74) is 3.30. The van der Waals surface area contributed by atoms with E-state index in [0.29, 0.717) is 0 Å². The number of benzene rings is 2. The summed E-state index contributed by atoms with van der Waals surface area (Å²) in [6.45, 7) is 0. The predicted molar refractivity (Wildman–Crippen MR) is 94.5 cm³/mol. The Balaban J connectivity index is 1.41. The van der Waals surface area contributed by atoms with Crippen molar-refractivity contribution in [3.05, 3.63) is 84.9 Å². The lowest BCUT2D eigenvalue weighted by atomic mass is 10.2. The minimum Gasteiger partial charge on any atom is -0.241 e. The molecule has 5 nitrogen and oxygen atoms in total. The van der Waals surface area contributed by atoms with Crippen molar-refractivity contribution in [1.82, 2.24) is 24.5 Å². The predicted octanol–water partition coefficient (Wildman–Crippen LogP) is 3.75. The van der Waals surface area contributed by atoms with E-state index in [2.05, 4.69) is 39.4 Å².